The van der Waals surface area contributed by atoms with Crippen molar-refractivity contribution in [2.75, 3.05) is 20.3 Å². The third-order valence-electron chi connectivity index (χ3n) is 5.38. The molecule has 0 fully saturated rings. The van der Waals surface area contributed by atoms with E-state index in [0.717, 1.165) is 6.08 Å². The van der Waals surface area contributed by atoms with Gasteiger partial charge in [-0.1, -0.05) is 33.1 Å². The molecule has 31 heavy (non-hydrogen) atoms. The summed E-state index contributed by atoms with van der Waals surface area (Å²) in [7, 11) is 1.47. The van der Waals surface area contributed by atoms with Crippen LogP contribution in [0.5, 0.6) is 11.5 Å². The fourth-order valence-corrected chi connectivity index (χ4v) is 3.54. The number of hydrogen-bond acceptors (Lipinski definition) is 7. The van der Waals surface area contributed by atoms with Gasteiger partial charge in [-0.2, -0.15) is 0 Å². The molecule has 170 valence electrons. The molecular weight excluding hydrogens is 402 g/mol. The summed E-state index contributed by atoms with van der Waals surface area (Å²) in [5, 5.41) is 19.7. The summed E-state index contributed by atoms with van der Waals surface area (Å²) in [4.78, 5) is 38.3. The number of phenolic OH excluding ortho intramolecular Hbond substituents is 2. The molecule has 1 aromatic rings. The molecule has 1 aromatic carbocycles. The van der Waals surface area contributed by atoms with E-state index in [2.05, 4.69) is 13.2 Å². The predicted octanol–water partition coefficient (Wildman–Crippen LogP) is 2.83. The molecule has 2 N–H and O–H groups in total. The molecule has 0 aliphatic carbocycles. The predicted molar refractivity (Wildman–Crippen MR) is 116 cm³/mol. The third kappa shape index (κ3) is 5.87. The SMILES string of the molecule is C=CC(=O)N(C)C(C(=O)OCCOC(=O)C(=C)C)C(CC)(CC)c1ccc(O)c(O)c1. The summed E-state index contributed by atoms with van der Waals surface area (Å²) in [6.07, 6.45) is 1.94. The van der Waals surface area contributed by atoms with Gasteiger partial charge in [0.05, 0.1) is 0 Å². The highest BCUT2D eigenvalue weighted by atomic mass is 16.6. The second-order valence-corrected chi connectivity index (χ2v) is 7.21. The van der Waals surface area contributed by atoms with Crippen molar-refractivity contribution >= 4 is 17.8 Å². The molecule has 8 heteroatoms. The van der Waals surface area contributed by atoms with Crippen molar-refractivity contribution in [2.45, 2.75) is 45.1 Å². The van der Waals surface area contributed by atoms with Crippen molar-refractivity contribution in [3.63, 3.8) is 0 Å². The number of amides is 1. The first kappa shape index (κ1) is 25.7. The molecule has 0 aliphatic rings. The van der Waals surface area contributed by atoms with Gasteiger partial charge < -0.3 is 24.6 Å². The molecular formula is C23H31NO7. The Morgan fingerprint density at radius 1 is 1.13 bits per heavy atom. The van der Waals surface area contributed by atoms with Gasteiger partial charge in [-0.25, -0.2) is 9.59 Å². The molecule has 1 rings (SSSR count). The zero-order valence-corrected chi connectivity index (χ0v) is 18.5. The topological polar surface area (TPSA) is 113 Å². The number of ether oxygens (including phenoxy) is 2. The Morgan fingerprint density at radius 2 is 1.71 bits per heavy atom. The van der Waals surface area contributed by atoms with Crippen molar-refractivity contribution in [1.29, 1.82) is 0 Å². The standard InChI is InChI=1S/C23H31NO7/c1-7-19(27)24(6)20(22(29)31-13-12-30-21(28)15(4)5)23(8-2,9-3)16-10-11-17(25)18(26)14-16/h7,10-11,14,20,25-26H,1,4,8-9,12-13H2,2-3,5-6H3. The minimum atomic E-state index is -1.06. The highest BCUT2D eigenvalue weighted by Crippen LogP contribution is 2.41. The Labute approximate surface area is 182 Å². The fourth-order valence-electron chi connectivity index (χ4n) is 3.54. The number of likely N-dealkylation sites (N-methyl/N-ethyl adjacent to an activating group) is 1. The van der Waals surface area contributed by atoms with Gasteiger partial charge in [0.15, 0.2) is 11.5 Å². The monoisotopic (exact) mass is 433 g/mol. The average molecular weight is 434 g/mol. The number of hydrogen-bond donors (Lipinski definition) is 2. The molecule has 1 unspecified atom stereocenters. The van der Waals surface area contributed by atoms with E-state index in [0.29, 0.717) is 18.4 Å². The maximum atomic E-state index is 13.2. The summed E-state index contributed by atoms with van der Waals surface area (Å²) in [5.41, 5.74) is -0.139. The van der Waals surface area contributed by atoms with Gasteiger partial charge in [0.1, 0.15) is 19.3 Å². The van der Waals surface area contributed by atoms with Crippen LogP contribution in [0.15, 0.2) is 43.0 Å². The van der Waals surface area contributed by atoms with E-state index in [1.54, 1.807) is 6.07 Å². The Bertz CT molecular complexity index is 842. The van der Waals surface area contributed by atoms with Crippen molar-refractivity contribution in [3.8, 4) is 11.5 Å². The van der Waals surface area contributed by atoms with Crippen LogP contribution < -0.4 is 0 Å². The quantitative estimate of drug-likeness (QED) is 0.239. The number of phenols is 2. The molecule has 1 amide bonds. The lowest BCUT2D eigenvalue weighted by atomic mass is 9.69. The smallest absolute Gasteiger partial charge is 0.333 e. The summed E-state index contributed by atoms with van der Waals surface area (Å²) in [6.45, 7) is 11.8. The van der Waals surface area contributed by atoms with Gasteiger partial charge >= 0.3 is 11.9 Å². The average Bonchev–Trinajstić information content (AvgIpc) is 2.75. The van der Waals surface area contributed by atoms with Crippen LogP contribution in [0, 0.1) is 0 Å². The number of carbonyl (C=O) groups is 3. The Kier molecular flexibility index (Phi) is 9.30. The van der Waals surface area contributed by atoms with Crippen molar-refractivity contribution in [3.05, 3.63) is 48.6 Å². The van der Waals surface area contributed by atoms with Gasteiger partial charge in [0.2, 0.25) is 5.91 Å². The van der Waals surface area contributed by atoms with Crippen LogP contribution in [0.2, 0.25) is 0 Å². The Hall–Kier alpha value is -3.29. The zero-order valence-electron chi connectivity index (χ0n) is 18.5. The first-order chi connectivity index (χ1) is 14.5. The minimum absolute atomic E-state index is 0.158. The summed E-state index contributed by atoms with van der Waals surface area (Å²) < 4.78 is 10.3. The molecule has 0 spiro atoms. The minimum Gasteiger partial charge on any atom is -0.504 e. The van der Waals surface area contributed by atoms with E-state index in [-0.39, 0.29) is 30.3 Å². The van der Waals surface area contributed by atoms with Crippen molar-refractivity contribution in [2.24, 2.45) is 0 Å². The van der Waals surface area contributed by atoms with Gasteiger partial charge in [-0.3, -0.25) is 4.79 Å². The molecule has 1 atom stereocenters. The number of rotatable bonds is 11. The first-order valence-corrected chi connectivity index (χ1v) is 9.96. The Morgan fingerprint density at radius 3 is 2.19 bits per heavy atom. The van der Waals surface area contributed by atoms with Crippen LogP contribution in [0.25, 0.3) is 0 Å². The van der Waals surface area contributed by atoms with Crippen LogP contribution >= 0.6 is 0 Å². The van der Waals surface area contributed by atoms with Gasteiger partial charge in [0, 0.05) is 18.0 Å². The van der Waals surface area contributed by atoms with Crippen LogP contribution in [-0.2, 0) is 29.3 Å². The van der Waals surface area contributed by atoms with E-state index in [4.69, 9.17) is 9.47 Å². The van der Waals surface area contributed by atoms with E-state index >= 15 is 0 Å². The van der Waals surface area contributed by atoms with Crippen LogP contribution in [-0.4, -0.2) is 59.3 Å². The number of esters is 2. The summed E-state index contributed by atoms with van der Waals surface area (Å²) >= 11 is 0. The molecule has 0 aliphatic heterocycles. The number of nitrogens with zero attached hydrogens (tertiary/aromatic N) is 1. The van der Waals surface area contributed by atoms with E-state index in [1.807, 2.05) is 13.8 Å². The third-order valence-corrected chi connectivity index (χ3v) is 5.38. The molecule has 8 nitrogen and oxygen atoms in total. The lowest BCUT2D eigenvalue weighted by Crippen LogP contribution is -2.55. The lowest BCUT2D eigenvalue weighted by Gasteiger charge is -2.42. The van der Waals surface area contributed by atoms with Gasteiger partial charge in [-0.05, 0) is 43.5 Å². The summed E-state index contributed by atoms with van der Waals surface area (Å²) in [5.74, 6) is -2.40. The van der Waals surface area contributed by atoms with E-state index in [1.165, 1.54) is 31.0 Å². The zero-order chi connectivity index (χ0) is 23.8. The molecule has 0 aromatic heterocycles. The molecule has 0 bridgehead atoms. The second kappa shape index (κ2) is 11.2. The normalized spacial score (nSPS) is 11.9. The van der Waals surface area contributed by atoms with E-state index in [9.17, 15) is 24.6 Å². The fraction of sp³-hybridized carbons (Fsp3) is 0.435. The maximum absolute atomic E-state index is 13.2. The van der Waals surface area contributed by atoms with Crippen molar-refractivity contribution in [1.82, 2.24) is 4.90 Å². The van der Waals surface area contributed by atoms with Crippen LogP contribution in [0.4, 0.5) is 0 Å². The number of aromatic hydroxyl groups is 2. The largest absolute Gasteiger partial charge is 0.504 e. The molecule has 0 radical (unpaired) electrons. The van der Waals surface area contributed by atoms with E-state index < -0.39 is 29.3 Å². The maximum Gasteiger partial charge on any atom is 0.333 e. The number of benzene rings is 1. The van der Waals surface area contributed by atoms with Crippen LogP contribution in [0.3, 0.4) is 0 Å². The molecule has 0 saturated heterocycles. The molecule has 0 saturated carbocycles. The first-order valence-electron chi connectivity index (χ1n) is 9.96. The highest BCUT2D eigenvalue weighted by Gasteiger charge is 2.46. The van der Waals surface area contributed by atoms with Crippen LogP contribution in [0.1, 0.15) is 39.2 Å². The van der Waals surface area contributed by atoms with Crippen molar-refractivity contribution < 1.29 is 34.1 Å². The lowest BCUT2D eigenvalue weighted by molar-refractivity contribution is -0.159. The van der Waals surface area contributed by atoms with Gasteiger partial charge in [0.25, 0.3) is 0 Å². The molecule has 0 heterocycles. The highest BCUT2D eigenvalue weighted by molar-refractivity contribution is 5.92. The Balaban J connectivity index is 3.30. The number of carbonyl (C=O) groups excluding carboxylic acids is 3. The van der Waals surface area contributed by atoms with Gasteiger partial charge in [-0.15, -0.1) is 0 Å². The summed E-state index contributed by atoms with van der Waals surface area (Å²) in [6, 6.07) is 3.25. The second-order valence-electron chi connectivity index (χ2n) is 7.21.